The first-order valence-corrected chi connectivity index (χ1v) is 10.4. The number of carbonyl (C=O) groups is 1. The molecule has 1 aliphatic heterocycles. The zero-order valence-electron chi connectivity index (χ0n) is 16.5. The predicted octanol–water partition coefficient (Wildman–Crippen LogP) is 3.66. The Balaban J connectivity index is 1.43. The van der Waals surface area contributed by atoms with Crippen molar-refractivity contribution in [3.05, 3.63) is 64.4 Å². The summed E-state index contributed by atoms with van der Waals surface area (Å²) in [5.74, 6) is 0.892. The van der Waals surface area contributed by atoms with Gasteiger partial charge < -0.3 is 14.4 Å². The van der Waals surface area contributed by atoms with Crippen molar-refractivity contribution < 1.29 is 14.3 Å². The van der Waals surface area contributed by atoms with Gasteiger partial charge in [-0.3, -0.25) is 9.78 Å². The van der Waals surface area contributed by atoms with Crippen LogP contribution in [-0.4, -0.2) is 47.6 Å². The average Bonchev–Trinajstić information content (AvgIpc) is 3.18. The first-order chi connectivity index (χ1) is 14.1. The summed E-state index contributed by atoms with van der Waals surface area (Å²) in [7, 11) is 1.66. The standard InChI is InChI=1S/C22H23N3O3S/c1-15-24-18(14-29-15)11-22(26)25-8-9-28-21(13-25)20-7-6-17(12-23-20)16-4-3-5-19(10-16)27-2/h3-7,10,12,14,21H,8-9,11,13H2,1-2H3/t21-/m1/s1. The SMILES string of the molecule is COc1cccc(-c2ccc([C@H]3CN(C(=O)Cc4csc(C)n4)CCO3)nc2)c1. The molecule has 0 unspecified atom stereocenters. The molecule has 0 radical (unpaired) electrons. The molecule has 0 bridgehead atoms. The minimum absolute atomic E-state index is 0.0802. The van der Waals surface area contributed by atoms with E-state index < -0.39 is 0 Å². The Bertz CT molecular complexity index is 987. The second kappa shape index (κ2) is 8.71. The van der Waals surface area contributed by atoms with Crippen molar-refractivity contribution in [3.63, 3.8) is 0 Å². The number of morpholine rings is 1. The first kappa shape index (κ1) is 19.5. The van der Waals surface area contributed by atoms with Gasteiger partial charge in [0.1, 0.15) is 11.9 Å². The van der Waals surface area contributed by atoms with Crippen LogP contribution in [0.15, 0.2) is 48.0 Å². The number of carbonyl (C=O) groups excluding carboxylic acids is 1. The minimum Gasteiger partial charge on any atom is -0.497 e. The molecule has 1 aliphatic rings. The number of hydrogen-bond donors (Lipinski definition) is 0. The maximum Gasteiger partial charge on any atom is 0.228 e. The Morgan fingerprint density at radius 3 is 2.93 bits per heavy atom. The van der Waals surface area contributed by atoms with Gasteiger partial charge in [-0.15, -0.1) is 11.3 Å². The summed E-state index contributed by atoms with van der Waals surface area (Å²) in [6, 6.07) is 11.9. The van der Waals surface area contributed by atoms with Crippen molar-refractivity contribution >= 4 is 17.2 Å². The quantitative estimate of drug-likeness (QED) is 0.643. The highest BCUT2D eigenvalue weighted by Gasteiger charge is 2.26. The van der Waals surface area contributed by atoms with Crippen LogP contribution in [0, 0.1) is 6.92 Å². The zero-order valence-corrected chi connectivity index (χ0v) is 17.3. The van der Waals surface area contributed by atoms with Crippen LogP contribution in [0.25, 0.3) is 11.1 Å². The normalized spacial score (nSPS) is 16.6. The third-order valence-electron chi connectivity index (χ3n) is 4.94. The molecular formula is C22H23N3O3S. The molecule has 150 valence electrons. The highest BCUT2D eigenvalue weighted by molar-refractivity contribution is 7.09. The van der Waals surface area contributed by atoms with Crippen molar-refractivity contribution in [2.45, 2.75) is 19.4 Å². The Hall–Kier alpha value is -2.77. The van der Waals surface area contributed by atoms with Crippen LogP contribution in [0.2, 0.25) is 0 Å². The van der Waals surface area contributed by atoms with Crippen molar-refractivity contribution in [1.82, 2.24) is 14.9 Å². The molecule has 29 heavy (non-hydrogen) atoms. The number of thiazole rings is 1. The molecule has 0 aliphatic carbocycles. The number of pyridine rings is 1. The molecule has 1 amide bonds. The fourth-order valence-corrected chi connectivity index (χ4v) is 3.99. The van der Waals surface area contributed by atoms with E-state index in [1.54, 1.807) is 18.4 Å². The molecule has 0 spiro atoms. The zero-order chi connectivity index (χ0) is 20.2. The third kappa shape index (κ3) is 4.63. The number of aromatic nitrogens is 2. The van der Waals surface area contributed by atoms with Crippen molar-refractivity contribution in [1.29, 1.82) is 0 Å². The summed E-state index contributed by atoms with van der Waals surface area (Å²) in [5.41, 5.74) is 3.72. The molecule has 1 aromatic carbocycles. The van der Waals surface area contributed by atoms with Gasteiger partial charge in [-0.05, 0) is 30.7 Å². The van der Waals surface area contributed by atoms with Gasteiger partial charge >= 0.3 is 0 Å². The van der Waals surface area contributed by atoms with Crippen molar-refractivity contribution in [2.75, 3.05) is 26.8 Å². The van der Waals surface area contributed by atoms with Gasteiger partial charge in [0.25, 0.3) is 0 Å². The van der Waals surface area contributed by atoms with Crippen LogP contribution in [-0.2, 0) is 16.0 Å². The highest BCUT2D eigenvalue weighted by Crippen LogP contribution is 2.26. The van der Waals surface area contributed by atoms with E-state index >= 15 is 0 Å². The average molecular weight is 410 g/mol. The summed E-state index contributed by atoms with van der Waals surface area (Å²) in [6.45, 7) is 3.56. The van der Waals surface area contributed by atoms with E-state index in [9.17, 15) is 4.79 Å². The number of amides is 1. The van der Waals surface area contributed by atoms with Gasteiger partial charge in [0.2, 0.25) is 5.91 Å². The summed E-state index contributed by atoms with van der Waals surface area (Å²) in [4.78, 5) is 23.5. The third-order valence-corrected chi connectivity index (χ3v) is 5.76. The Labute approximate surface area is 174 Å². The van der Waals surface area contributed by atoms with Crippen molar-refractivity contribution in [2.24, 2.45) is 0 Å². The van der Waals surface area contributed by atoms with E-state index in [-0.39, 0.29) is 12.0 Å². The molecule has 1 fully saturated rings. The van der Waals surface area contributed by atoms with E-state index in [1.807, 2.05) is 59.8 Å². The summed E-state index contributed by atoms with van der Waals surface area (Å²) >= 11 is 1.57. The lowest BCUT2D eigenvalue weighted by Gasteiger charge is -2.32. The first-order valence-electron chi connectivity index (χ1n) is 9.53. The Morgan fingerprint density at radius 2 is 2.21 bits per heavy atom. The van der Waals surface area contributed by atoms with Gasteiger partial charge in [0, 0.05) is 23.7 Å². The van der Waals surface area contributed by atoms with Crippen LogP contribution < -0.4 is 4.74 Å². The molecule has 4 rings (SSSR count). The minimum atomic E-state index is -0.218. The number of nitrogens with zero attached hydrogens (tertiary/aromatic N) is 3. The highest BCUT2D eigenvalue weighted by atomic mass is 32.1. The summed E-state index contributed by atoms with van der Waals surface area (Å²) in [6.07, 6.45) is 1.95. The van der Waals surface area contributed by atoms with Gasteiger partial charge in [-0.2, -0.15) is 0 Å². The molecule has 6 nitrogen and oxygen atoms in total. The van der Waals surface area contributed by atoms with E-state index in [2.05, 4.69) is 9.97 Å². The number of methoxy groups -OCH3 is 1. The molecule has 0 saturated carbocycles. The molecule has 7 heteroatoms. The molecule has 3 heterocycles. The lowest BCUT2D eigenvalue weighted by atomic mass is 10.1. The predicted molar refractivity (Wildman–Crippen MR) is 112 cm³/mol. The van der Waals surface area contributed by atoms with Gasteiger partial charge in [-0.25, -0.2) is 4.98 Å². The van der Waals surface area contributed by atoms with E-state index in [4.69, 9.17) is 9.47 Å². The van der Waals surface area contributed by atoms with E-state index in [1.165, 1.54) is 0 Å². The molecule has 1 saturated heterocycles. The number of benzene rings is 1. The fourth-order valence-electron chi connectivity index (χ4n) is 3.38. The van der Waals surface area contributed by atoms with E-state index in [0.29, 0.717) is 26.1 Å². The molecule has 1 atom stereocenters. The lowest BCUT2D eigenvalue weighted by molar-refractivity contribution is -0.138. The van der Waals surface area contributed by atoms with Crippen LogP contribution in [0.1, 0.15) is 22.5 Å². The maximum absolute atomic E-state index is 12.7. The summed E-state index contributed by atoms with van der Waals surface area (Å²) in [5, 5.41) is 2.93. The Morgan fingerprint density at radius 1 is 1.31 bits per heavy atom. The largest absolute Gasteiger partial charge is 0.497 e. The molecular weight excluding hydrogens is 386 g/mol. The second-order valence-electron chi connectivity index (χ2n) is 6.94. The maximum atomic E-state index is 12.7. The summed E-state index contributed by atoms with van der Waals surface area (Å²) < 4.78 is 11.2. The topological polar surface area (TPSA) is 64.5 Å². The monoisotopic (exact) mass is 409 g/mol. The lowest BCUT2D eigenvalue weighted by Crippen LogP contribution is -2.43. The van der Waals surface area contributed by atoms with Gasteiger partial charge in [0.15, 0.2) is 0 Å². The van der Waals surface area contributed by atoms with Crippen LogP contribution >= 0.6 is 11.3 Å². The van der Waals surface area contributed by atoms with Crippen LogP contribution in [0.5, 0.6) is 5.75 Å². The van der Waals surface area contributed by atoms with Crippen molar-refractivity contribution in [3.8, 4) is 16.9 Å². The van der Waals surface area contributed by atoms with E-state index in [0.717, 1.165) is 33.3 Å². The van der Waals surface area contributed by atoms with Crippen LogP contribution in [0.3, 0.4) is 0 Å². The second-order valence-corrected chi connectivity index (χ2v) is 8.00. The number of ether oxygens (including phenoxy) is 2. The number of hydrogen-bond acceptors (Lipinski definition) is 6. The molecule has 2 aromatic heterocycles. The number of rotatable bonds is 5. The molecule has 0 N–H and O–H groups in total. The Kier molecular flexibility index (Phi) is 5.87. The van der Waals surface area contributed by atoms with Gasteiger partial charge in [-0.1, -0.05) is 18.2 Å². The number of aryl methyl sites for hydroxylation is 1. The van der Waals surface area contributed by atoms with Crippen LogP contribution in [0.4, 0.5) is 0 Å². The smallest absolute Gasteiger partial charge is 0.228 e. The molecule has 3 aromatic rings. The fraction of sp³-hybridized carbons (Fsp3) is 0.318. The van der Waals surface area contributed by atoms with Gasteiger partial charge in [0.05, 0.1) is 43.1 Å².